The summed E-state index contributed by atoms with van der Waals surface area (Å²) in [6.07, 6.45) is 0.452. The Morgan fingerprint density at radius 1 is 0.796 bits per heavy atom. The van der Waals surface area contributed by atoms with Gasteiger partial charge in [0.15, 0.2) is 0 Å². The fourth-order valence-electron chi connectivity index (χ4n) is 4.22. The van der Waals surface area contributed by atoms with Crippen molar-refractivity contribution in [2.75, 3.05) is 39.3 Å². The van der Waals surface area contributed by atoms with Gasteiger partial charge in [0.25, 0.3) is 0 Å². The Balaban J connectivity index is 2.47. The van der Waals surface area contributed by atoms with E-state index in [-0.39, 0.29) is 50.5 Å². The molecule has 0 radical (unpaired) electrons. The van der Waals surface area contributed by atoms with Gasteiger partial charge in [-0.05, 0) is 52.3 Å². The van der Waals surface area contributed by atoms with Crippen LogP contribution in [0.3, 0.4) is 0 Å². The molecule has 0 aliphatic heterocycles. The Bertz CT molecular complexity index is 1460. The van der Waals surface area contributed by atoms with Crippen LogP contribution in [0.15, 0.2) is 67.3 Å². The maximum absolute atomic E-state index is 12.7. The average Bonchev–Trinajstić information content (AvgIpc) is 3.05. The van der Waals surface area contributed by atoms with E-state index >= 15 is 0 Å². The first-order valence-electron chi connectivity index (χ1n) is 15.5. The molecule has 15 nitrogen and oxygen atoms in total. The number of benzene rings is 1. The number of primary amides is 1. The smallest absolute Gasteiger partial charge is 0.242 e. The number of rotatable bonds is 23. The molecule has 0 aliphatic rings. The molecule has 0 aliphatic carbocycles. The van der Waals surface area contributed by atoms with Crippen molar-refractivity contribution in [2.45, 2.75) is 52.2 Å². The Morgan fingerprint density at radius 2 is 1.24 bits per heavy atom. The molecule has 3 unspecified atom stereocenters. The Kier molecular flexibility index (Phi) is 17.6. The lowest BCUT2D eigenvalue weighted by molar-refractivity contribution is -0.123. The lowest BCUT2D eigenvalue weighted by Crippen LogP contribution is -2.48. The quantitative estimate of drug-likeness (QED) is 0.0783. The van der Waals surface area contributed by atoms with E-state index in [1.54, 1.807) is 32.6 Å². The highest BCUT2D eigenvalue weighted by Gasteiger charge is 2.18. The average molecular weight is 677 g/mol. The summed E-state index contributed by atoms with van der Waals surface area (Å²) in [5, 5.41) is 35.2. The number of ether oxygens (including phenoxy) is 1. The number of nitrogens with one attached hydrogen (secondary N) is 6. The van der Waals surface area contributed by atoms with E-state index in [0.29, 0.717) is 52.6 Å². The summed E-state index contributed by atoms with van der Waals surface area (Å²) in [4.78, 5) is 50.7. The van der Waals surface area contributed by atoms with E-state index in [9.17, 15) is 19.2 Å². The predicted molar refractivity (Wildman–Crippen MR) is 186 cm³/mol. The lowest BCUT2D eigenvalue weighted by atomic mass is 10.1. The topological polar surface area (TPSA) is 227 Å². The van der Waals surface area contributed by atoms with Crippen molar-refractivity contribution in [3.05, 3.63) is 78.4 Å². The molecule has 1 aromatic carbocycles. The highest BCUT2D eigenvalue weighted by Crippen LogP contribution is 2.17. The maximum Gasteiger partial charge on any atom is 0.242 e. The van der Waals surface area contributed by atoms with Crippen molar-refractivity contribution in [3.8, 4) is 17.9 Å². The molecule has 0 saturated heterocycles. The molecule has 3 atom stereocenters. The minimum absolute atomic E-state index is 0.0365. The summed E-state index contributed by atoms with van der Waals surface area (Å²) in [5.41, 5.74) is 7.97. The standard InChI is InChI=1S/C34H48N10O5/c1-21(2)41-25(6)32(46)38-17-22(3)42-26(7)33(47)39-18-23(4)43-27(8)34(48)40-19-24(5)44(20-31(37)45)10-9-11-49-30-13-28(15-35)12-29(14-30)16-36/h12-14,25-27,41-43H,1,3-5,9-11,17-20H2,2,6-8H3,(H2,37,45)(H,38,46)(H,39,47)(H,40,48). The van der Waals surface area contributed by atoms with Crippen LogP contribution < -0.4 is 42.4 Å². The zero-order valence-corrected chi connectivity index (χ0v) is 28.7. The molecule has 1 aromatic rings. The first-order chi connectivity index (χ1) is 23.1. The summed E-state index contributed by atoms with van der Waals surface area (Å²) >= 11 is 0. The van der Waals surface area contributed by atoms with Gasteiger partial charge in [0.2, 0.25) is 23.6 Å². The first-order valence-corrected chi connectivity index (χ1v) is 15.5. The summed E-state index contributed by atoms with van der Waals surface area (Å²) in [5.74, 6) is -1.16. The molecule has 1 rings (SSSR count). The zero-order chi connectivity index (χ0) is 37.1. The van der Waals surface area contributed by atoms with Gasteiger partial charge in [0.05, 0.1) is 56.1 Å². The van der Waals surface area contributed by atoms with Crippen molar-refractivity contribution >= 4 is 23.6 Å². The van der Waals surface area contributed by atoms with E-state index in [2.05, 4.69) is 58.2 Å². The van der Waals surface area contributed by atoms with E-state index in [1.807, 2.05) is 12.1 Å². The van der Waals surface area contributed by atoms with Gasteiger partial charge in [-0.25, -0.2) is 0 Å². The van der Waals surface area contributed by atoms with Crippen molar-refractivity contribution < 1.29 is 23.9 Å². The van der Waals surface area contributed by atoms with Gasteiger partial charge >= 0.3 is 0 Å². The minimum atomic E-state index is -0.710. The Hall–Kier alpha value is -5.96. The molecule has 4 amide bonds. The third kappa shape index (κ3) is 16.4. The normalized spacial score (nSPS) is 11.9. The molecule has 0 fully saturated rings. The number of nitrogens with zero attached hydrogens (tertiary/aromatic N) is 3. The molecule has 8 N–H and O–H groups in total. The van der Waals surface area contributed by atoms with Crippen molar-refractivity contribution in [2.24, 2.45) is 5.73 Å². The van der Waals surface area contributed by atoms with Crippen LogP contribution in [-0.2, 0) is 19.2 Å². The summed E-state index contributed by atoms with van der Waals surface area (Å²) < 4.78 is 5.68. The molecule has 0 aromatic heterocycles. The van der Waals surface area contributed by atoms with Crippen LogP contribution in [0.5, 0.6) is 5.75 Å². The largest absolute Gasteiger partial charge is 0.493 e. The second-order valence-corrected chi connectivity index (χ2v) is 11.4. The minimum Gasteiger partial charge on any atom is -0.493 e. The summed E-state index contributed by atoms with van der Waals surface area (Å²) in [6.45, 7) is 22.8. The van der Waals surface area contributed by atoms with Gasteiger partial charge < -0.3 is 47.3 Å². The van der Waals surface area contributed by atoms with Crippen LogP contribution in [0.2, 0.25) is 0 Å². The monoisotopic (exact) mass is 676 g/mol. The molecule has 0 spiro atoms. The number of carbonyl (C=O) groups is 4. The van der Waals surface area contributed by atoms with Crippen molar-refractivity contribution in [3.63, 3.8) is 0 Å². The van der Waals surface area contributed by atoms with E-state index in [1.165, 1.54) is 18.2 Å². The number of allylic oxidation sites excluding steroid dienone is 1. The number of carbonyl (C=O) groups excluding carboxylic acids is 4. The fourth-order valence-corrected chi connectivity index (χ4v) is 4.22. The molecular weight excluding hydrogens is 628 g/mol. The summed E-state index contributed by atoms with van der Waals surface area (Å²) in [6, 6.07) is 6.64. The van der Waals surface area contributed by atoms with Crippen molar-refractivity contribution in [1.82, 2.24) is 36.8 Å². The fraction of sp³-hybridized carbons (Fsp3) is 0.412. The Labute approximate surface area is 288 Å². The Morgan fingerprint density at radius 3 is 1.67 bits per heavy atom. The molecule has 0 saturated carbocycles. The van der Waals surface area contributed by atoms with Crippen LogP contribution in [-0.4, -0.2) is 86.0 Å². The van der Waals surface area contributed by atoms with E-state index < -0.39 is 24.0 Å². The highest BCUT2D eigenvalue weighted by molar-refractivity contribution is 5.83. The van der Waals surface area contributed by atoms with Gasteiger partial charge in [0, 0.05) is 29.3 Å². The number of hydrogen-bond acceptors (Lipinski definition) is 11. The number of amides is 4. The summed E-state index contributed by atoms with van der Waals surface area (Å²) in [7, 11) is 0. The highest BCUT2D eigenvalue weighted by atomic mass is 16.5. The van der Waals surface area contributed by atoms with Gasteiger partial charge in [-0.15, -0.1) is 0 Å². The van der Waals surface area contributed by atoms with Crippen LogP contribution in [0.25, 0.3) is 0 Å². The predicted octanol–water partition coefficient (Wildman–Crippen LogP) is 0.344. The third-order valence-corrected chi connectivity index (χ3v) is 6.70. The zero-order valence-electron chi connectivity index (χ0n) is 28.7. The molecule has 0 bridgehead atoms. The second kappa shape index (κ2) is 21.0. The third-order valence-electron chi connectivity index (χ3n) is 6.70. The van der Waals surface area contributed by atoms with Gasteiger partial charge in [-0.3, -0.25) is 19.2 Å². The van der Waals surface area contributed by atoms with Crippen LogP contribution in [0.4, 0.5) is 0 Å². The van der Waals surface area contributed by atoms with Crippen molar-refractivity contribution in [1.29, 1.82) is 10.5 Å². The molecular formula is C34H48N10O5. The first kappa shape index (κ1) is 41.1. The lowest BCUT2D eigenvalue weighted by Gasteiger charge is -2.26. The van der Waals surface area contributed by atoms with Gasteiger partial charge in [-0.1, -0.05) is 26.3 Å². The molecule has 264 valence electrons. The maximum atomic E-state index is 12.7. The van der Waals surface area contributed by atoms with Gasteiger partial charge in [0.1, 0.15) is 23.9 Å². The molecule has 49 heavy (non-hydrogen) atoms. The van der Waals surface area contributed by atoms with Crippen LogP contribution in [0.1, 0.15) is 45.2 Å². The van der Waals surface area contributed by atoms with Crippen LogP contribution in [0, 0.1) is 22.7 Å². The molecule has 0 heterocycles. The SMILES string of the molecule is C=C(C)NC(C)C(=O)NCC(=C)NC(C)C(=O)NCC(=C)NC(C)C(=O)NCC(=C)N(CCCOc1cc(C#N)cc(C#N)c1)CC(N)=O. The van der Waals surface area contributed by atoms with Gasteiger partial charge in [-0.2, -0.15) is 10.5 Å². The van der Waals surface area contributed by atoms with E-state index in [4.69, 9.17) is 21.0 Å². The van der Waals surface area contributed by atoms with Crippen LogP contribution >= 0.6 is 0 Å². The number of nitriles is 2. The van der Waals surface area contributed by atoms with E-state index in [0.717, 1.165) is 0 Å². The molecule has 15 heteroatoms. The second-order valence-electron chi connectivity index (χ2n) is 11.4. The number of hydrogen-bond donors (Lipinski definition) is 7. The number of nitrogens with two attached hydrogens (primary N) is 1.